The fourth-order valence-electron chi connectivity index (χ4n) is 2.36. The highest BCUT2D eigenvalue weighted by Crippen LogP contribution is 2.25. The van der Waals surface area contributed by atoms with Crippen LogP contribution in [0.2, 0.25) is 0 Å². The number of thiophene rings is 1. The van der Waals surface area contributed by atoms with Crippen LogP contribution in [-0.2, 0) is 10.0 Å². The summed E-state index contributed by atoms with van der Waals surface area (Å²) in [5.41, 5.74) is 0. The summed E-state index contributed by atoms with van der Waals surface area (Å²) in [7, 11) is -1.67. The van der Waals surface area contributed by atoms with Crippen LogP contribution in [0.15, 0.2) is 11.0 Å². The van der Waals surface area contributed by atoms with Crippen LogP contribution >= 0.6 is 11.3 Å². The van der Waals surface area contributed by atoms with Gasteiger partial charge in [0.2, 0.25) is 10.0 Å². The first-order valence-electron chi connectivity index (χ1n) is 6.35. The summed E-state index contributed by atoms with van der Waals surface area (Å²) in [6.45, 7) is 2.96. The highest BCUT2D eigenvalue weighted by molar-refractivity contribution is 7.89. The van der Waals surface area contributed by atoms with Crippen LogP contribution in [0.1, 0.15) is 27.4 Å². The average molecular weight is 318 g/mol. The molecule has 0 bridgehead atoms. The number of nitrogens with zero attached hydrogens (tertiary/aromatic N) is 1. The smallest absolute Gasteiger partial charge is 0.345 e. The van der Waals surface area contributed by atoms with E-state index in [0.717, 1.165) is 30.7 Å². The fourth-order valence-corrected chi connectivity index (χ4v) is 4.86. The van der Waals surface area contributed by atoms with E-state index < -0.39 is 16.0 Å². The van der Waals surface area contributed by atoms with Crippen molar-refractivity contribution in [2.75, 3.05) is 20.1 Å². The van der Waals surface area contributed by atoms with Crippen LogP contribution in [0, 0.1) is 6.92 Å². The van der Waals surface area contributed by atoms with Gasteiger partial charge >= 0.3 is 5.97 Å². The summed E-state index contributed by atoms with van der Waals surface area (Å²) in [5.74, 6) is -1.10. The van der Waals surface area contributed by atoms with Gasteiger partial charge in [-0.15, -0.1) is 11.3 Å². The van der Waals surface area contributed by atoms with E-state index >= 15 is 0 Å². The lowest BCUT2D eigenvalue weighted by Gasteiger charge is -2.19. The number of nitrogens with one attached hydrogen (secondary N) is 1. The molecule has 1 aliphatic heterocycles. The molecule has 112 valence electrons. The summed E-state index contributed by atoms with van der Waals surface area (Å²) < 4.78 is 27.1. The van der Waals surface area contributed by atoms with E-state index in [9.17, 15) is 13.2 Å². The molecule has 8 heteroatoms. The first kappa shape index (κ1) is 15.4. The molecule has 6 nitrogen and oxygen atoms in total. The van der Waals surface area contributed by atoms with E-state index in [1.807, 2.05) is 7.05 Å². The Labute approximate surface area is 122 Å². The monoisotopic (exact) mass is 318 g/mol. The minimum absolute atomic E-state index is 0.0425. The lowest BCUT2D eigenvalue weighted by atomic mass is 10.2. The van der Waals surface area contributed by atoms with E-state index in [4.69, 9.17) is 5.11 Å². The number of carboxylic acid groups (broad SMARTS) is 1. The molecular weight excluding hydrogens is 300 g/mol. The highest BCUT2D eigenvalue weighted by atomic mass is 32.2. The average Bonchev–Trinajstić information content (AvgIpc) is 2.93. The van der Waals surface area contributed by atoms with Gasteiger partial charge in [0.1, 0.15) is 4.88 Å². The van der Waals surface area contributed by atoms with Crippen molar-refractivity contribution in [1.29, 1.82) is 0 Å². The molecule has 1 saturated heterocycles. The zero-order valence-electron chi connectivity index (χ0n) is 11.4. The number of likely N-dealkylation sites (tertiary alicyclic amines) is 1. The van der Waals surface area contributed by atoms with Crippen molar-refractivity contribution >= 4 is 27.3 Å². The van der Waals surface area contributed by atoms with Crippen molar-refractivity contribution in [1.82, 2.24) is 9.62 Å². The largest absolute Gasteiger partial charge is 0.477 e. The number of sulfonamides is 1. The van der Waals surface area contributed by atoms with Gasteiger partial charge in [0.15, 0.2) is 0 Å². The van der Waals surface area contributed by atoms with E-state index in [1.54, 1.807) is 6.92 Å². The summed E-state index contributed by atoms with van der Waals surface area (Å²) in [6.07, 6.45) is 2.05. The Kier molecular flexibility index (Phi) is 4.48. The second-order valence-electron chi connectivity index (χ2n) is 4.96. The van der Waals surface area contributed by atoms with Crippen molar-refractivity contribution < 1.29 is 18.3 Å². The molecular formula is C12H18N2O4S2. The molecule has 0 radical (unpaired) electrons. The van der Waals surface area contributed by atoms with Gasteiger partial charge in [-0.25, -0.2) is 17.9 Å². The van der Waals surface area contributed by atoms with Crippen molar-refractivity contribution in [2.45, 2.75) is 30.7 Å². The summed E-state index contributed by atoms with van der Waals surface area (Å²) in [6, 6.07) is 1.44. The molecule has 1 unspecified atom stereocenters. The molecule has 0 aromatic carbocycles. The van der Waals surface area contributed by atoms with Crippen molar-refractivity contribution in [2.24, 2.45) is 0 Å². The van der Waals surface area contributed by atoms with Crippen LogP contribution in [-0.4, -0.2) is 50.6 Å². The zero-order chi connectivity index (χ0) is 14.9. The predicted molar refractivity (Wildman–Crippen MR) is 76.9 cm³/mol. The number of aromatic carboxylic acids is 1. The Morgan fingerprint density at radius 2 is 2.30 bits per heavy atom. The standard InChI is InChI=1S/C12H18N2O4S2/c1-8-11(6-10(19-8)12(15)16)20(17,18)13-7-9-4-3-5-14(9)2/h6,9,13H,3-5,7H2,1-2H3,(H,15,16). The number of carbonyl (C=O) groups is 1. The van der Waals surface area contributed by atoms with E-state index in [1.165, 1.54) is 6.07 Å². The molecule has 0 amide bonds. The quantitative estimate of drug-likeness (QED) is 0.850. The zero-order valence-corrected chi connectivity index (χ0v) is 13.1. The molecule has 2 rings (SSSR count). The fraction of sp³-hybridized carbons (Fsp3) is 0.583. The minimum atomic E-state index is -3.64. The van der Waals surface area contributed by atoms with Crippen molar-refractivity contribution in [3.8, 4) is 0 Å². The molecule has 1 aromatic heterocycles. The third kappa shape index (κ3) is 3.20. The number of carboxylic acids is 1. The molecule has 1 aliphatic rings. The Morgan fingerprint density at radius 1 is 1.60 bits per heavy atom. The third-order valence-electron chi connectivity index (χ3n) is 3.55. The van der Waals surface area contributed by atoms with Crippen LogP contribution in [0.5, 0.6) is 0 Å². The van der Waals surface area contributed by atoms with Gasteiger partial charge < -0.3 is 10.0 Å². The molecule has 0 spiro atoms. The van der Waals surface area contributed by atoms with Gasteiger partial charge in [-0.3, -0.25) is 0 Å². The lowest BCUT2D eigenvalue weighted by molar-refractivity contribution is 0.0702. The molecule has 0 saturated carbocycles. The summed E-state index contributed by atoms with van der Waals surface area (Å²) in [4.78, 5) is 13.6. The van der Waals surface area contributed by atoms with E-state index in [2.05, 4.69) is 9.62 Å². The van der Waals surface area contributed by atoms with Crippen LogP contribution in [0.4, 0.5) is 0 Å². The second kappa shape index (κ2) is 5.80. The summed E-state index contributed by atoms with van der Waals surface area (Å²) >= 11 is 0.979. The van der Waals surface area contributed by atoms with E-state index in [-0.39, 0.29) is 15.8 Å². The molecule has 20 heavy (non-hydrogen) atoms. The van der Waals surface area contributed by atoms with Gasteiger partial charge in [0, 0.05) is 17.5 Å². The number of aryl methyl sites for hydroxylation is 1. The Morgan fingerprint density at radius 3 is 2.80 bits per heavy atom. The first-order chi connectivity index (χ1) is 9.31. The van der Waals surface area contributed by atoms with Crippen molar-refractivity contribution in [3.63, 3.8) is 0 Å². The maximum Gasteiger partial charge on any atom is 0.345 e. The van der Waals surface area contributed by atoms with Crippen LogP contribution in [0.25, 0.3) is 0 Å². The SMILES string of the molecule is Cc1sc(C(=O)O)cc1S(=O)(=O)NCC1CCCN1C. The number of likely N-dealkylation sites (N-methyl/N-ethyl adjacent to an activating group) is 1. The second-order valence-corrected chi connectivity index (χ2v) is 7.96. The van der Waals surface area contributed by atoms with Gasteiger partial charge in [0.05, 0.1) is 4.90 Å². The highest BCUT2D eigenvalue weighted by Gasteiger charge is 2.26. The molecule has 1 atom stereocenters. The normalized spacial score (nSPS) is 20.4. The van der Waals surface area contributed by atoms with E-state index in [0.29, 0.717) is 11.4 Å². The van der Waals surface area contributed by atoms with Crippen molar-refractivity contribution in [3.05, 3.63) is 15.8 Å². The summed E-state index contributed by atoms with van der Waals surface area (Å²) in [5, 5.41) is 8.91. The number of hydrogen-bond donors (Lipinski definition) is 2. The Bertz CT molecular complexity index is 609. The Hall–Kier alpha value is -0.960. The molecule has 2 N–H and O–H groups in total. The number of hydrogen-bond acceptors (Lipinski definition) is 5. The third-order valence-corrected chi connectivity index (χ3v) is 6.27. The topological polar surface area (TPSA) is 86.7 Å². The Balaban J connectivity index is 2.12. The molecule has 0 aliphatic carbocycles. The molecule has 1 aromatic rings. The molecule has 2 heterocycles. The van der Waals surface area contributed by atoms with Gasteiger partial charge in [-0.2, -0.15) is 0 Å². The van der Waals surface area contributed by atoms with Gasteiger partial charge in [-0.1, -0.05) is 0 Å². The minimum Gasteiger partial charge on any atom is -0.477 e. The van der Waals surface area contributed by atoms with Crippen LogP contribution < -0.4 is 4.72 Å². The number of rotatable bonds is 5. The van der Waals surface area contributed by atoms with Gasteiger partial charge in [-0.05, 0) is 39.4 Å². The maximum atomic E-state index is 12.2. The lowest BCUT2D eigenvalue weighted by Crippen LogP contribution is -2.38. The van der Waals surface area contributed by atoms with Crippen LogP contribution in [0.3, 0.4) is 0 Å². The van der Waals surface area contributed by atoms with Gasteiger partial charge in [0.25, 0.3) is 0 Å². The molecule has 1 fully saturated rings. The maximum absolute atomic E-state index is 12.2. The predicted octanol–water partition coefficient (Wildman–Crippen LogP) is 1.13. The first-order valence-corrected chi connectivity index (χ1v) is 8.65.